The van der Waals surface area contributed by atoms with Crippen molar-refractivity contribution in [2.24, 2.45) is 0 Å². The summed E-state index contributed by atoms with van der Waals surface area (Å²) in [6, 6.07) is 14.8. The van der Waals surface area contributed by atoms with Crippen LogP contribution >= 0.6 is 11.8 Å². The van der Waals surface area contributed by atoms with Crippen molar-refractivity contribution in [2.75, 3.05) is 0 Å². The third-order valence-electron chi connectivity index (χ3n) is 2.43. The third-order valence-corrected chi connectivity index (χ3v) is 3.61. The van der Waals surface area contributed by atoms with Gasteiger partial charge in [-0.1, -0.05) is 48.2 Å². The molecule has 1 unspecified atom stereocenters. The lowest BCUT2D eigenvalue weighted by molar-refractivity contribution is -0.136. The zero-order valence-corrected chi connectivity index (χ0v) is 10.7. The Morgan fingerprint density at radius 2 is 1.89 bits per heavy atom. The largest absolute Gasteiger partial charge is 0.480 e. The van der Waals surface area contributed by atoms with Crippen LogP contribution in [-0.4, -0.2) is 16.1 Å². The van der Waals surface area contributed by atoms with Crippen molar-refractivity contribution in [3.05, 3.63) is 59.8 Å². The second-order valence-electron chi connectivity index (χ2n) is 3.86. The lowest BCUT2D eigenvalue weighted by Crippen LogP contribution is -2.08. The van der Waals surface area contributed by atoms with E-state index < -0.39 is 11.2 Å². The average molecular weight is 259 g/mol. The lowest BCUT2D eigenvalue weighted by atomic mass is 10.1. The van der Waals surface area contributed by atoms with Crippen LogP contribution in [-0.2, 0) is 4.79 Å². The summed E-state index contributed by atoms with van der Waals surface area (Å²) in [5.74, 6) is -0.852. The van der Waals surface area contributed by atoms with Crippen molar-refractivity contribution in [2.45, 2.75) is 17.2 Å². The highest BCUT2D eigenvalue weighted by molar-refractivity contribution is 8.00. The summed E-state index contributed by atoms with van der Waals surface area (Å²) >= 11 is 1.25. The van der Waals surface area contributed by atoms with Crippen molar-refractivity contribution in [1.29, 1.82) is 0 Å². The molecule has 0 saturated heterocycles. The number of carboxylic acids is 1. The highest BCUT2D eigenvalue weighted by atomic mass is 32.2. The van der Waals surface area contributed by atoms with E-state index in [9.17, 15) is 9.90 Å². The molecule has 18 heavy (non-hydrogen) atoms. The van der Waals surface area contributed by atoms with E-state index in [1.54, 1.807) is 0 Å². The van der Waals surface area contributed by atoms with Crippen LogP contribution in [0.15, 0.2) is 53.6 Å². The molecule has 3 nitrogen and oxygen atoms in total. The van der Waals surface area contributed by atoms with Gasteiger partial charge in [-0.2, -0.15) is 0 Å². The van der Waals surface area contributed by atoms with Crippen LogP contribution in [0.1, 0.15) is 16.5 Å². The standard InChI is InChI=1S/C14H13NO2S/c1-10-6-5-9-12(15-10)18-13(14(16)17)11-7-3-2-4-8-11/h2-9,13H,1H3,(H,16,17). The fraction of sp³-hybridized carbons (Fsp3) is 0.143. The number of hydrogen-bond acceptors (Lipinski definition) is 3. The van der Waals surface area contributed by atoms with E-state index in [1.165, 1.54) is 11.8 Å². The number of thioether (sulfide) groups is 1. The van der Waals surface area contributed by atoms with Crippen molar-refractivity contribution in [3.63, 3.8) is 0 Å². The van der Waals surface area contributed by atoms with Crippen LogP contribution in [0.3, 0.4) is 0 Å². The van der Waals surface area contributed by atoms with Crippen LogP contribution in [0.5, 0.6) is 0 Å². The molecular formula is C14H13NO2S. The number of hydrogen-bond donors (Lipinski definition) is 1. The zero-order valence-electron chi connectivity index (χ0n) is 9.91. The fourth-order valence-electron chi connectivity index (χ4n) is 1.59. The predicted octanol–water partition coefficient (Wildman–Crippen LogP) is 3.31. The molecule has 0 saturated carbocycles. The number of aromatic nitrogens is 1. The molecule has 0 fully saturated rings. The van der Waals surface area contributed by atoms with Gasteiger partial charge in [-0.05, 0) is 24.6 Å². The third kappa shape index (κ3) is 3.11. The van der Waals surface area contributed by atoms with Gasteiger partial charge in [0.15, 0.2) is 0 Å². The van der Waals surface area contributed by atoms with Gasteiger partial charge in [-0.3, -0.25) is 4.79 Å². The zero-order chi connectivity index (χ0) is 13.0. The van der Waals surface area contributed by atoms with Crippen molar-refractivity contribution < 1.29 is 9.90 Å². The molecule has 1 aromatic carbocycles. The van der Waals surface area contributed by atoms with E-state index in [1.807, 2.05) is 55.5 Å². The minimum Gasteiger partial charge on any atom is -0.480 e. The summed E-state index contributed by atoms with van der Waals surface area (Å²) in [6.45, 7) is 1.89. The second kappa shape index (κ2) is 5.69. The van der Waals surface area contributed by atoms with Crippen LogP contribution in [0.2, 0.25) is 0 Å². The molecule has 4 heteroatoms. The fourth-order valence-corrected chi connectivity index (χ4v) is 2.58. The van der Waals surface area contributed by atoms with Gasteiger partial charge in [0, 0.05) is 5.69 Å². The highest BCUT2D eigenvalue weighted by Gasteiger charge is 2.21. The van der Waals surface area contributed by atoms with E-state index >= 15 is 0 Å². The molecule has 0 aliphatic rings. The number of aliphatic carboxylic acids is 1. The summed E-state index contributed by atoms with van der Waals surface area (Å²) in [5.41, 5.74) is 1.66. The molecule has 2 aromatic rings. The Kier molecular flexibility index (Phi) is 3.99. The first-order valence-corrected chi connectivity index (χ1v) is 6.43. The number of carbonyl (C=O) groups is 1. The maximum atomic E-state index is 11.3. The number of rotatable bonds is 4. The SMILES string of the molecule is Cc1cccc(SC(C(=O)O)c2ccccc2)n1. The van der Waals surface area contributed by atoms with Crippen molar-refractivity contribution >= 4 is 17.7 Å². The first kappa shape index (κ1) is 12.6. The minimum atomic E-state index is -0.852. The van der Waals surface area contributed by atoms with Gasteiger partial charge in [0.1, 0.15) is 5.25 Å². The molecule has 1 N–H and O–H groups in total. The minimum absolute atomic E-state index is 0.625. The highest BCUT2D eigenvalue weighted by Crippen LogP contribution is 2.34. The van der Waals surface area contributed by atoms with Gasteiger partial charge >= 0.3 is 5.97 Å². The van der Waals surface area contributed by atoms with Crippen LogP contribution in [0, 0.1) is 6.92 Å². The quantitative estimate of drug-likeness (QED) is 0.856. The van der Waals surface area contributed by atoms with Crippen molar-refractivity contribution in [3.8, 4) is 0 Å². The van der Waals surface area contributed by atoms with E-state index in [0.717, 1.165) is 16.3 Å². The molecule has 1 aromatic heterocycles. The van der Waals surface area contributed by atoms with E-state index in [2.05, 4.69) is 4.98 Å². The van der Waals surface area contributed by atoms with Gasteiger partial charge in [-0.25, -0.2) is 4.98 Å². The first-order valence-electron chi connectivity index (χ1n) is 5.55. The summed E-state index contributed by atoms with van der Waals surface area (Å²) in [7, 11) is 0. The number of pyridine rings is 1. The van der Waals surface area contributed by atoms with Crippen LogP contribution in [0.4, 0.5) is 0 Å². The Morgan fingerprint density at radius 3 is 2.50 bits per heavy atom. The Bertz CT molecular complexity index is 543. The Morgan fingerprint density at radius 1 is 1.17 bits per heavy atom. The van der Waals surface area contributed by atoms with Crippen LogP contribution < -0.4 is 0 Å². The number of carboxylic acid groups (broad SMARTS) is 1. The van der Waals surface area contributed by atoms with Gasteiger partial charge in [-0.15, -0.1) is 0 Å². The second-order valence-corrected chi connectivity index (χ2v) is 4.99. The molecule has 0 aliphatic heterocycles. The predicted molar refractivity (Wildman–Crippen MR) is 71.6 cm³/mol. The number of aryl methyl sites for hydroxylation is 1. The molecule has 0 radical (unpaired) electrons. The summed E-state index contributed by atoms with van der Waals surface area (Å²) < 4.78 is 0. The summed E-state index contributed by atoms with van der Waals surface area (Å²) in [5, 5.41) is 9.41. The molecule has 1 atom stereocenters. The Balaban J connectivity index is 2.25. The monoisotopic (exact) mass is 259 g/mol. The molecule has 2 rings (SSSR count). The molecule has 0 amide bonds. The molecule has 92 valence electrons. The van der Waals surface area contributed by atoms with Gasteiger partial charge in [0.05, 0.1) is 5.03 Å². The molecule has 0 aliphatic carbocycles. The smallest absolute Gasteiger partial charge is 0.321 e. The molecule has 0 spiro atoms. The van der Waals surface area contributed by atoms with E-state index in [4.69, 9.17) is 0 Å². The summed E-state index contributed by atoms with van der Waals surface area (Å²) in [4.78, 5) is 15.7. The van der Waals surface area contributed by atoms with Gasteiger partial charge in [0.25, 0.3) is 0 Å². The maximum absolute atomic E-state index is 11.3. The number of nitrogens with zero attached hydrogens (tertiary/aromatic N) is 1. The topological polar surface area (TPSA) is 50.2 Å². The van der Waals surface area contributed by atoms with Gasteiger partial charge < -0.3 is 5.11 Å². The average Bonchev–Trinajstić information content (AvgIpc) is 2.37. The van der Waals surface area contributed by atoms with E-state index in [-0.39, 0.29) is 0 Å². The molecule has 1 heterocycles. The lowest BCUT2D eigenvalue weighted by Gasteiger charge is -2.11. The van der Waals surface area contributed by atoms with Gasteiger partial charge in [0.2, 0.25) is 0 Å². The molecular weight excluding hydrogens is 246 g/mol. The normalized spacial score (nSPS) is 12.1. The Hall–Kier alpha value is -1.81. The summed E-state index contributed by atoms with van der Waals surface area (Å²) in [6.07, 6.45) is 0. The van der Waals surface area contributed by atoms with Crippen LogP contribution in [0.25, 0.3) is 0 Å². The van der Waals surface area contributed by atoms with Crippen molar-refractivity contribution in [1.82, 2.24) is 4.98 Å². The Labute approximate surface area is 110 Å². The van der Waals surface area contributed by atoms with E-state index in [0.29, 0.717) is 0 Å². The first-order chi connectivity index (χ1) is 8.66. The number of benzene rings is 1. The maximum Gasteiger partial charge on any atom is 0.321 e. The molecule has 0 bridgehead atoms.